The Morgan fingerprint density at radius 1 is 0.885 bits per heavy atom. The molecular weight excluding hydrogens is 314 g/mol. The molecule has 4 rings (SSSR count). The molecule has 0 aliphatic heterocycles. The van der Waals surface area contributed by atoms with Gasteiger partial charge < -0.3 is 0 Å². The molecule has 0 amide bonds. The highest BCUT2D eigenvalue weighted by atomic mass is 14.9. The third kappa shape index (κ3) is 2.26. The molecule has 0 atom stereocenters. The Labute approximate surface area is 157 Å². The van der Waals surface area contributed by atoms with E-state index in [2.05, 4.69) is 101 Å². The quantitative estimate of drug-likeness (QED) is 0.509. The first-order valence-corrected chi connectivity index (χ1v) is 9.57. The minimum Gasteiger partial charge on any atom is -0.201 e. The first-order valence-electron chi connectivity index (χ1n) is 9.57. The topological polar surface area (TPSA) is 3.88 Å². The van der Waals surface area contributed by atoms with Gasteiger partial charge in [0.2, 0.25) is 5.69 Å². The predicted octanol–water partition coefficient (Wildman–Crippen LogP) is 5.92. The molecule has 0 fully saturated rings. The van der Waals surface area contributed by atoms with Gasteiger partial charge in [-0.15, -0.1) is 0 Å². The molecule has 26 heavy (non-hydrogen) atoms. The Hall–Kier alpha value is -2.41. The van der Waals surface area contributed by atoms with Crippen LogP contribution >= 0.6 is 0 Å². The summed E-state index contributed by atoms with van der Waals surface area (Å²) in [6.07, 6.45) is 2.14. The van der Waals surface area contributed by atoms with E-state index in [1.165, 1.54) is 44.6 Å². The Morgan fingerprint density at radius 2 is 1.65 bits per heavy atom. The van der Waals surface area contributed by atoms with Crippen LogP contribution in [-0.2, 0) is 12.5 Å². The number of rotatable bonds is 2. The van der Waals surface area contributed by atoms with Crippen molar-refractivity contribution in [3.05, 3.63) is 77.0 Å². The second-order valence-electron chi connectivity index (χ2n) is 8.43. The van der Waals surface area contributed by atoms with Crippen LogP contribution in [0.3, 0.4) is 0 Å². The van der Waals surface area contributed by atoms with Gasteiger partial charge in [0, 0.05) is 23.1 Å². The van der Waals surface area contributed by atoms with Crippen molar-refractivity contribution in [2.75, 3.05) is 0 Å². The molecule has 1 heterocycles. The monoisotopic (exact) mass is 342 g/mol. The number of hydrogen-bond acceptors (Lipinski definition) is 0. The van der Waals surface area contributed by atoms with Crippen LogP contribution in [0, 0.1) is 6.92 Å². The molecule has 1 nitrogen and oxygen atoms in total. The van der Waals surface area contributed by atoms with Crippen molar-refractivity contribution < 1.29 is 4.57 Å². The number of hydrogen-bond donors (Lipinski definition) is 0. The molecule has 1 heteroatoms. The summed E-state index contributed by atoms with van der Waals surface area (Å²) in [5.41, 5.74) is 11.3. The number of aryl methyl sites for hydroxylation is 2. The lowest BCUT2D eigenvalue weighted by Crippen LogP contribution is -2.30. The van der Waals surface area contributed by atoms with Gasteiger partial charge in [-0.3, -0.25) is 0 Å². The molecule has 0 saturated carbocycles. The van der Waals surface area contributed by atoms with Gasteiger partial charge in [-0.25, -0.2) is 4.57 Å². The van der Waals surface area contributed by atoms with Crippen molar-refractivity contribution in [2.45, 2.75) is 46.0 Å². The van der Waals surface area contributed by atoms with Crippen LogP contribution in [0.25, 0.3) is 22.4 Å². The van der Waals surface area contributed by atoms with Crippen LogP contribution in [0.15, 0.2) is 54.7 Å². The van der Waals surface area contributed by atoms with Gasteiger partial charge in [0.05, 0.1) is 5.56 Å². The molecule has 0 saturated heterocycles. The number of aromatic nitrogens is 1. The molecule has 0 bridgehead atoms. The fourth-order valence-corrected chi connectivity index (χ4v) is 4.71. The molecule has 1 aliphatic carbocycles. The van der Waals surface area contributed by atoms with Gasteiger partial charge >= 0.3 is 0 Å². The van der Waals surface area contributed by atoms with E-state index < -0.39 is 0 Å². The lowest BCUT2D eigenvalue weighted by atomic mass is 9.78. The summed E-state index contributed by atoms with van der Waals surface area (Å²) >= 11 is 0. The molecule has 0 spiro atoms. The van der Waals surface area contributed by atoms with Crippen LogP contribution < -0.4 is 4.57 Å². The number of pyridine rings is 1. The lowest BCUT2D eigenvalue weighted by Gasteiger charge is -2.25. The summed E-state index contributed by atoms with van der Waals surface area (Å²) < 4.78 is 2.24. The van der Waals surface area contributed by atoms with Gasteiger partial charge in [0.25, 0.3) is 0 Å². The molecule has 0 unspecified atom stereocenters. The third-order valence-electron chi connectivity index (χ3n) is 6.01. The number of nitrogens with zero attached hydrogens (tertiary/aromatic N) is 1. The van der Waals surface area contributed by atoms with E-state index in [-0.39, 0.29) is 5.41 Å². The normalized spacial score (nSPS) is 14.4. The molecule has 0 radical (unpaired) electrons. The highest BCUT2D eigenvalue weighted by Crippen LogP contribution is 2.54. The minimum absolute atomic E-state index is 0.0291. The fourth-order valence-electron chi connectivity index (χ4n) is 4.71. The summed E-state index contributed by atoms with van der Waals surface area (Å²) in [6.45, 7) is 11.6. The van der Waals surface area contributed by atoms with Crippen molar-refractivity contribution in [1.82, 2.24) is 0 Å². The smallest absolute Gasteiger partial charge is 0.201 e. The van der Waals surface area contributed by atoms with E-state index in [4.69, 9.17) is 0 Å². The van der Waals surface area contributed by atoms with Crippen molar-refractivity contribution in [2.24, 2.45) is 7.05 Å². The SMILES string of the molecule is Cc1ccc2c(c1-c1cccc[n+]1C)-c1cccc(C(C)C)c1C2(C)C. The van der Waals surface area contributed by atoms with E-state index in [0.717, 1.165) is 0 Å². The third-order valence-corrected chi connectivity index (χ3v) is 6.01. The van der Waals surface area contributed by atoms with E-state index in [1.807, 2.05) is 0 Å². The Bertz CT molecular complexity index is 1010. The van der Waals surface area contributed by atoms with Gasteiger partial charge in [-0.05, 0) is 46.7 Å². The zero-order valence-corrected chi connectivity index (χ0v) is 16.7. The zero-order chi connectivity index (χ0) is 18.6. The second kappa shape index (κ2) is 5.81. The maximum Gasteiger partial charge on any atom is 0.213 e. The molecule has 3 aromatic rings. The Balaban J connectivity index is 2.14. The first kappa shape index (κ1) is 17.0. The zero-order valence-electron chi connectivity index (χ0n) is 16.7. The van der Waals surface area contributed by atoms with Crippen LogP contribution in [0.4, 0.5) is 0 Å². The summed E-state index contributed by atoms with van der Waals surface area (Å²) in [5, 5.41) is 0. The number of fused-ring (bicyclic) bond motifs is 3. The van der Waals surface area contributed by atoms with E-state index in [1.54, 1.807) is 0 Å². The van der Waals surface area contributed by atoms with Gasteiger partial charge in [-0.1, -0.05) is 58.0 Å². The lowest BCUT2D eigenvalue weighted by molar-refractivity contribution is -0.660. The largest absolute Gasteiger partial charge is 0.213 e. The second-order valence-corrected chi connectivity index (χ2v) is 8.43. The highest BCUT2D eigenvalue weighted by molar-refractivity contribution is 5.93. The molecule has 1 aromatic heterocycles. The highest BCUT2D eigenvalue weighted by Gasteiger charge is 2.40. The van der Waals surface area contributed by atoms with Crippen molar-refractivity contribution >= 4 is 0 Å². The summed E-state index contributed by atoms with van der Waals surface area (Å²) in [5.74, 6) is 0.524. The van der Waals surface area contributed by atoms with E-state index >= 15 is 0 Å². The summed E-state index contributed by atoms with van der Waals surface area (Å²) in [4.78, 5) is 0. The Kier molecular flexibility index (Phi) is 3.80. The van der Waals surface area contributed by atoms with E-state index in [0.29, 0.717) is 5.92 Å². The maximum atomic E-state index is 2.38. The average Bonchev–Trinajstić information content (AvgIpc) is 2.83. The molecule has 0 N–H and O–H groups in total. The van der Waals surface area contributed by atoms with Crippen LogP contribution in [0.1, 0.15) is 55.9 Å². The first-order chi connectivity index (χ1) is 12.3. The minimum atomic E-state index is 0.0291. The van der Waals surface area contributed by atoms with Gasteiger partial charge in [0.1, 0.15) is 7.05 Å². The van der Waals surface area contributed by atoms with Crippen LogP contribution in [-0.4, -0.2) is 0 Å². The van der Waals surface area contributed by atoms with E-state index in [9.17, 15) is 0 Å². The van der Waals surface area contributed by atoms with Crippen molar-refractivity contribution in [3.63, 3.8) is 0 Å². The molecular formula is C25H28N+. The van der Waals surface area contributed by atoms with Gasteiger partial charge in [-0.2, -0.15) is 0 Å². The van der Waals surface area contributed by atoms with Crippen LogP contribution in [0.2, 0.25) is 0 Å². The fraction of sp³-hybridized carbons (Fsp3) is 0.320. The standard InChI is InChI=1S/C25H28N/c1-16(2)18-10-9-11-19-23-20(25(4,5)24(18)19)14-13-17(3)22(23)21-12-7-8-15-26(21)6/h7-16H,1-6H3/q+1. The molecule has 132 valence electrons. The maximum absolute atomic E-state index is 2.38. The van der Waals surface area contributed by atoms with Crippen molar-refractivity contribution in [1.29, 1.82) is 0 Å². The van der Waals surface area contributed by atoms with Gasteiger partial charge in [0.15, 0.2) is 6.20 Å². The summed E-state index contributed by atoms with van der Waals surface area (Å²) in [6, 6.07) is 18.0. The molecule has 1 aliphatic rings. The summed E-state index contributed by atoms with van der Waals surface area (Å²) in [7, 11) is 2.14. The number of benzene rings is 2. The van der Waals surface area contributed by atoms with Crippen LogP contribution in [0.5, 0.6) is 0 Å². The Morgan fingerprint density at radius 3 is 2.35 bits per heavy atom. The predicted molar refractivity (Wildman–Crippen MR) is 109 cm³/mol. The van der Waals surface area contributed by atoms with Crippen molar-refractivity contribution in [3.8, 4) is 22.4 Å². The average molecular weight is 343 g/mol. The molecule has 2 aromatic carbocycles.